The van der Waals surface area contributed by atoms with Crippen molar-refractivity contribution in [1.29, 1.82) is 0 Å². The Morgan fingerprint density at radius 3 is 1.90 bits per heavy atom. The molecule has 4 N–H and O–H groups in total. The Bertz CT molecular complexity index is 554. The van der Waals surface area contributed by atoms with E-state index in [0.29, 0.717) is 32.5 Å². The summed E-state index contributed by atoms with van der Waals surface area (Å²) in [5, 5.41) is 13.1. The minimum Gasteiger partial charge on any atom is -0.388 e. The number of likely N-dealkylation sites (tertiary alicyclic amines) is 2. The van der Waals surface area contributed by atoms with E-state index in [0.717, 1.165) is 38.9 Å². The SMILES string of the molecule is CCC(C)C(=O)N1CCC(O)(CN)CC1.CNCC1(OC)CCN(C(=O)C(C)C)CC1. The summed E-state index contributed by atoms with van der Waals surface area (Å²) in [6, 6.07) is 0. The van der Waals surface area contributed by atoms with Crippen LogP contribution in [0.1, 0.15) is 59.8 Å². The molecule has 2 aliphatic rings. The van der Waals surface area contributed by atoms with Gasteiger partial charge in [0, 0.05) is 58.2 Å². The van der Waals surface area contributed by atoms with Gasteiger partial charge in [0.2, 0.25) is 11.8 Å². The van der Waals surface area contributed by atoms with E-state index in [-0.39, 0.29) is 29.3 Å². The van der Waals surface area contributed by atoms with Crippen LogP contribution < -0.4 is 11.1 Å². The summed E-state index contributed by atoms with van der Waals surface area (Å²) in [7, 11) is 3.70. The van der Waals surface area contributed by atoms with E-state index in [1.54, 1.807) is 7.11 Å². The summed E-state index contributed by atoms with van der Waals surface area (Å²) >= 11 is 0. The van der Waals surface area contributed by atoms with Crippen molar-refractivity contribution in [2.45, 2.75) is 71.0 Å². The van der Waals surface area contributed by atoms with Crippen molar-refractivity contribution in [2.24, 2.45) is 17.6 Å². The highest BCUT2D eigenvalue weighted by molar-refractivity contribution is 5.78. The van der Waals surface area contributed by atoms with Crippen LogP contribution in [0.3, 0.4) is 0 Å². The number of nitrogens with two attached hydrogens (primary N) is 1. The van der Waals surface area contributed by atoms with E-state index in [2.05, 4.69) is 5.32 Å². The maximum atomic E-state index is 11.8. The molecule has 2 saturated heterocycles. The highest BCUT2D eigenvalue weighted by atomic mass is 16.5. The fourth-order valence-corrected chi connectivity index (χ4v) is 4.11. The van der Waals surface area contributed by atoms with Gasteiger partial charge in [-0.1, -0.05) is 27.7 Å². The van der Waals surface area contributed by atoms with Gasteiger partial charge < -0.3 is 30.7 Å². The number of carbonyl (C=O) groups excluding carboxylic acids is 2. The molecule has 2 amide bonds. The van der Waals surface area contributed by atoms with E-state index in [9.17, 15) is 14.7 Å². The van der Waals surface area contributed by atoms with Gasteiger partial charge in [-0.25, -0.2) is 0 Å². The molecule has 0 aliphatic carbocycles. The molecule has 182 valence electrons. The average molecular weight is 443 g/mol. The maximum Gasteiger partial charge on any atom is 0.225 e. The number of methoxy groups -OCH3 is 1. The van der Waals surface area contributed by atoms with Crippen molar-refractivity contribution in [3.05, 3.63) is 0 Å². The Morgan fingerprint density at radius 2 is 1.52 bits per heavy atom. The second kappa shape index (κ2) is 12.7. The molecule has 8 heteroatoms. The van der Waals surface area contributed by atoms with Crippen LogP contribution >= 0.6 is 0 Å². The zero-order chi connectivity index (χ0) is 23.7. The third-order valence-electron chi connectivity index (χ3n) is 6.83. The van der Waals surface area contributed by atoms with Gasteiger partial charge >= 0.3 is 0 Å². The van der Waals surface area contributed by atoms with Gasteiger partial charge in [0.25, 0.3) is 0 Å². The lowest BCUT2D eigenvalue weighted by Crippen LogP contribution is -2.52. The summed E-state index contributed by atoms with van der Waals surface area (Å²) in [5.74, 6) is 0.652. The van der Waals surface area contributed by atoms with Crippen molar-refractivity contribution in [3.8, 4) is 0 Å². The number of hydrogen-bond donors (Lipinski definition) is 3. The molecular weight excluding hydrogens is 396 g/mol. The van der Waals surface area contributed by atoms with Crippen molar-refractivity contribution < 1.29 is 19.4 Å². The molecular formula is C23H46N4O4. The first kappa shape index (κ1) is 27.8. The average Bonchev–Trinajstić information content (AvgIpc) is 2.79. The van der Waals surface area contributed by atoms with Gasteiger partial charge in [-0.2, -0.15) is 0 Å². The second-order valence-corrected chi connectivity index (χ2v) is 9.46. The number of aliphatic hydroxyl groups is 1. The molecule has 2 rings (SSSR count). The Hall–Kier alpha value is -1.22. The van der Waals surface area contributed by atoms with Gasteiger partial charge in [0.05, 0.1) is 11.2 Å². The maximum absolute atomic E-state index is 11.8. The minimum atomic E-state index is -0.744. The first-order chi connectivity index (χ1) is 14.6. The number of piperidine rings is 2. The molecule has 0 spiro atoms. The molecule has 31 heavy (non-hydrogen) atoms. The second-order valence-electron chi connectivity index (χ2n) is 9.46. The van der Waals surface area contributed by atoms with Crippen LogP contribution in [0, 0.1) is 11.8 Å². The normalized spacial score (nSPS) is 21.3. The van der Waals surface area contributed by atoms with Crippen LogP contribution in [0.4, 0.5) is 0 Å². The van der Waals surface area contributed by atoms with E-state index in [1.165, 1.54) is 0 Å². The van der Waals surface area contributed by atoms with Gasteiger partial charge in [0.1, 0.15) is 0 Å². The van der Waals surface area contributed by atoms with Crippen molar-refractivity contribution in [3.63, 3.8) is 0 Å². The third-order valence-corrected chi connectivity index (χ3v) is 6.83. The first-order valence-corrected chi connectivity index (χ1v) is 11.8. The molecule has 1 atom stereocenters. The van der Waals surface area contributed by atoms with Crippen molar-refractivity contribution in [2.75, 3.05) is 53.4 Å². The lowest BCUT2D eigenvalue weighted by atomic mass is 9.90. The highest BCUT2D eigenvalue weighted by Crippen LogP contribution is 2.26. The summed E-state index contributed by atoms with van der Waals surface area (Å²) in [6.45, 7) is 11.9. The summed E-state index contributed by atoms with van der Waals surface area (Å²) < 4.78 is 5.61. The fraction of sp³-hybridized carbons (Fsp3) is 0.913. The van der Waals surface area contributed by atoms with Gasteiger partial charge in [-0.3, -0.25) is 9.59 Å². The predicted octanol–water partition coefficient (Wildman–Crippen LogP) is 1.21. The topological polar surface area (TPSA) is 108 Å². The molecule has 0 aromatic carbocycles. The van der Waals surface area contributed by atoms with Gasteiger partial charge in [-0.05, 0) is 39.2 Å². The molecule has 0 aromatic rings. The molecule has 2 fully saturated rings. The molecule has 2 aliphatic heterocycles. The molecule has 2 heterocycles. The first-order valence-electron chi connectivity index (χ1n) is 11.8. The smallest absolute Gasteiger partial charge is 0.225 e. The minimum absolute atomic E-state index is 0.0808. The number of nitrogens with one attached hydrogen (secondary N) is 1. The quantitative estimate of drug-likeness (QED) is 0.547. The molecule has 1 unspecified atom stereocenters. The Balaban J connectivity index is 0.000000311. The van der Waals surface area contributed by atoms with E-state index < -0.39 is 5.60 Å². The molecule has 0 bridgehead atoms. The highest BCUT2D eigenvalue weighted by Gasteiger charge is 2.36. The molecule has 0 saturated carbocycles. The summed E-state index contributed by atoms with van der Waals surface area (Å²) in [6.07, 6.45) is 3.92. The van der Waals surface area contributed by atoms with Crippen LogP contribution in [-0.2, 0) is 14.3 Å². The van der Waals surface area contributed by atoms with Gasteiger partial charge in [0.15, 0.2) is 0 Å². The van der Waals surface area contributed by atoms with E-state index >= 15 is 0 Å². The number of hydrogen-bond acceptors (Lipinski definition) is 6. The van der Waals surface area contributed by atoms with Crippen LogP contribution in [0.5, 0.6) is 0 Å². The van der Waals surface area contributed by atoms with Crippen molar-refractivity contribution >= 4 is 11.8 Å². The largest absolute Gasteiger partial charge is 0.388 e. The van der Waals surface area contributed by atoms with Crippen LogP contribution in [0.2, 0.25) is 0 Å². The zero-order valence-electron chi connectivity index (χ0n) is 20.6. The molecule has 0 aromatic heterocycles. The lowest BCUT2D eigenvalue weighted by molar-refractivity contribution is -0.140. The fourth-order valence-electron chi connectivity index (χ4n) is 4.11. The number of ether oxygens (including phenoxy) is 1. The predicted molar refractivity (Wildman–Crippen MR) is 124 cm³/mol. The number of nitrogens with zero attached hydrogens (tertiary/aromatic N) is 2. The van der Waals surface area contributed by atoms with E-state index in [1.807, 2.05) is 44.5 Å². The van der Waals surface area contributed by atoms with E-state index in [4.69, 9.17) is 10.5 Å². The lowest BCUT2D eigenvalue weighted by Gasteiger charge is -2.41. The summed E-state index contributed by atoms with van der Waals surface area (Å²) in [4.78, 5) is 27.5. The van der Waals surface area contributed by atoms with Crippen LogP contribution in [0.15, 0.2) is 0 Å². The standard InChI is InChI=1S/C12H24N2O2.C11H22N2O2/c1-10(2)11(15)14-7-5-12(16-4,6-8-14)9-13-3;1-3-9(2)10(14)13-6-4-11(15,8-12)5-7-13/h10,13H,5-9H2,1-4H3;9,15H,3-8,12H2,1-2H3. The third kappa shape index (κ3) is 8.00. The number of amides is 2. The monoisotopic (exact) mass is 442 g/mol. The number of rotatable bonds is 7. The number of likely N-dealkylation sites (N-methyl/N-ethyl adjacent to an activating group) is 1. The Kier molecular flexibility index (Phi) is 11.4. The van der Waals surface area contributed by atoms with Gasteiger partial charge in [-0.15, -0.1) is 0 Å². The van der Waals surface area contributed by atoms with Crippen molar-refractivity contribution in [1.82, 2.24) is 15.1 Å². The Morgan fingerprint density at radius 1 is 1.03 bits per heavy atom. The Labute approximate surface area is 188 Å². The summed E-state index contributed by atoms with van der Waals surface area (Å²) in [5.41, 5.74) is 4.67. The molecule has 0 radical (unpaired) electrons. The number of carbonyl (C=O) groups is 2. The molecule has 8 nitrogen and oxygen atoms in total. The van der Waals surface area contributed by atoms with Crippen LogP contribution in [0.25, 0.3) is 0 Å². The zero-order valence-corrected chi connectivity index (χ0v) is 20.6. The van der Waals surface area contributed by atoms with Crippen LogP contribution in [-0.4, -0.2) is 91.3 Å².